The average molecular weight is 722 g/mol. The van der Waals surface area contributed by atoms with Crippen LogP contribution in [0.5, 0.6) is 0 Å². The summed E-state index contributed by atoms with van der Waals surface area (Å²) in [7, 11) is 0. The summed E-state index contributed by atoms with van der Waals surface area (Å²) in [6, 6.07) is 24.9. The number of amidine groups is 2. The maximum atomic E-state index is 14.4. The van der Waals surface area contributed by atoms with Crippen molar-refractivity contribution in [1.82, 2.24) is 0 Å². The number of carbonyl (C=O) groups excluding carboxylic acids is 2. The van der Waals surface area contributed by atoms with Gasteiger partial charge in [0.1, 0.15) is 11.6 Å². The quantitative estimate of drug-likeness (QED) is 0.0622. The molecule has 0 saturated carbocycles. The summed E-state index contributed by atoms with van der Waals surface area (Å²) in [6.45, 7) is 9.64. The van der Waals surface area contributed by atoms with E-state index in [2.05, 4.69) is 31.7 Å². The Hall–Kier alpha value is -4.80. The highest BCUT2D eigenvalue weighted by Crippen LogP contribution is 2.39. The molecule has 4 aromatic carbocycles. The summed E-state index contributed by atoms with van der Waals surface area (Å²) >= 11 is 12.0. The molecule has 0 aromatic heterocycles. The van der Waals surface area contributed by atoms with E-state index in [1.54, 1.807) is 54.6 Å². The molecule has 0 fully saturated rings. The van der Waals surface area contributed by atoms with Crippen LogP contribution in [0.15, 0.2) is 107 Å². The van der Waals surface area contributed by atoms with Crippen LogP contribution in [0.25, 0.3) is 0 Å². The molecular weight excluding hydrogens is 681 g/mol. The lowest BCUT2D eigenvalue weighted by molar-refractivity contribution is -0.122. The van der Waals surface area contributed by atoms with Gasteiger partial charge < -0.3 is 10.6 Å². The summed E-state index contributed by atoms with van der Waals surface area (Å²) in [6.07, 6.45) is 0.301. The fourth-order valence-corrected chi connectivity index (χ4v) is 5.32. The Labute approximate surface area is 301 Å². The third-order valence-electron chi connectivity index (χ3n) is 7.73. The van der Waals surface area contributed by atoms with E-state index in [0.29, 0.717) is 39.2 Å². The molecular formula is C38H40Cl2F2N6O2. The van der Waals surface area contributed by atoms with Gasteiger partial charge in [-0.15, -0.1) is 0 Å². The highest BCUT2D eigenvalue weighted by Gasteiger charge is 2.39. The Bertz CT molecular complexity index is 1840. The normalized spacial score (nSPS) is 13.0. The SMILES string of the molecule is CC(C)(CC(=O)C(=NNc1ccc(Cl)cc1)Nc1ccc(F)cc1)CC(C(=O)C(=NNc1ccc(Cl)cc1)Nc1cccc(F)c1)C(C)(C)C. The predicted octanol–water partition coefficient (Wildman–Crippen LogP) is 10.3. The van der Waals surface area contributed by atoms with Crippen molar-refractivity contribution in [1.29, 1.82) is 0 Å². The zero-order valence-electron chi connectivity index (χ0n) is 28.5. The Morgan fingerprint density at radius 2 is 1.16 bits per heavy atom. The molecule has 0 saturated heterocycles. The van der Waals surface area contributed by atoms with Gasteiger partial charge in [-0.2, -0.15) is 10.2 Å². The number of hydrogen-bond acceptors (Lipinski definition) is 6. The van der Waals surface area contributed by atoms with E-state index in [-0.39, 0.29) is 29.7 Å². The van der Waals surface area contributed by atoms with Crippen LogP contribution in [-0.4, -0.2) is 23.2 Å². The summed E-state index contributed by atoms with van der Waals surface area (Å²) in [5.74, 6) is -2.22. The van der Waals surface area contributed by atoms with Crippen LogP contribution >= 0.6 is 23.2 Å². The molecule has 0 spiro atoms. The van der Waals surface area contributed by atoms with Crippen molar-refractivity contribution in [3.05, 3.63) is 119 Å². The van der Waals surface area contributed by atoms with Gasteiger partial charge in [0.25, 0.3) is 0 Å². The lowest BCUT2D eigenvalue weighted by Gasteiger charge is -2.36. The Kier molecular flexibility index (Phi) is 12.7. The topological polar surface area (TPSA) is 107 Å². The smallest absolute Gasteiger partial charge is 0.203 e. The first-order valence-corrected chi connectivity index (χ1v) is 16.6. The van der Waals surface area contributed by atoms with Crippen LogP contribution in [0.4, 0.5) is 31.5 Å². The molecule has 0 amide bonds. The number of ketones is 2. The number of nitrogens with one attached hydrogen (secondary N) is 4. The maximum Gasteiger partial charge on any atom is 0.203 e. The molecule has 0 aliphatic heterocycles. The number of hydrazone groups is 2. The van der Waals surface area contributed by atoms with E-state index in [4.69, 9.17) is 23.2 Å². The van der Waals surface area contributed by atoms with Crippen LogP contribution in [0.1, 0.15) is 47.5 Å². The number of halogens is 4. The van der Waals surface area contributed by atoms with E-state index < -0.39 is 28.4 Å². The van der Waals surface area contributed by atoms with Crippen LogP contribution in [0.3, 0.4) is 0 Å². The van der Waals surface area contributed by atoms with Gasteiger partial charge in [0, 0.05) is 33.8 Å². The molecule has 4 aromatic rings. The number of hydrogen-bond donors (Lipinski definition) is 4. The summed E-state index contributed by atoms with van der Waals surface area (Å²) in [5, 5.41) is 15.9. The Morgan fingerprint density at radius 3 is 1.68 bits per heavy atom. The molecule has 12 heteroatoms. The van der Waals surface area contributed by atoms with Gasteiger partial charge in [-0.05, 0) is 108 Å². The monoisotopic (exact) mass is 720 g/mol. The van der Waals surface area contributed by atoms with Crippen molar-refractivity contribution >= 4 is 69.2 Å². The summed E-state index contributed by atoms with van der Waals surface area (Å²) < 4.78 is 27.7. The van der Waals surface area contributed by atoms with E-state index in [1.165, 1.54) is 42.5 Å². The van der Waals surface area contributed by atoms with Crippen molar-refractivity contribution < 1.29 is 18.4 Å². The van der Waals surface area contributed by atoms with Gasteiger partial charge >= 0.3 is 0 Å². The van der Waals surface area contributed by atoms with E-state index in [1.807, 2.05) is 34.6 Å². The molecule has 0 aliphatic carbocycles. The summed E-state index contributed by atoms with van der Waals surface area (Å²) in [4.78, 5) is 28.3. The average Bonchev–Trinajstić information content (AvgIpc) is 3.05. The van der Waals surface area contributed by atoms with Crippen LogP contribution in [0.2, 0.25) is 10.0 Å². The third kappa shape index (κ3) is 11.7. The molecule has 4 N–H and O–H groups in total. The van der Waals surface area contributed by atoms with Crippen molar-refractivity contribution in [2.75, 3.05) is 21.5 Å². The molecule has 8 nitrogen and oxygen atoms in total. The molecule has 0 aliphatic rings. The van der Waals surface area contributed by atoms with Gasteiger partial charge in [0.2, 0.25) is 5.78 Å². The second-order valence-corrected chi connectivity index (χ2v) is 14.5. The minimum Gasteiger partial charge on any atom is -0.336 e. The highest BCUT2D eigenvalue weighted by molar-refractivity contribution is 6.44. The molecule has 0 bridgehead atoms. The van der Waals surface area contributed by atoms with Crippen molar-refractivity contribution in [2.24, 2.45) is 27.0 Å². The third-order valence-corrected chi connectivity index (χ3v) is 8.24. The minimum atomic E-state index is -0.718. The standard InChI is InChI=1S/C38H40Cl2F2N6O2/c1-37(2,3)32(34(50)36(44-31-8-6-7-27(42)21-31)48-46-30-17-11-25(40)12-18-30)22-38(4,5)23-33(49)35(43-28-19-13-26(41)14-20-28)47-45-29-15-9-24(39)10-16-29/h6-21,32,45-46H,22-23H2,1-5H3,(H,43,47)(H,44,48). The predicted molar refractivity (Wildman–Crippen MR) is 201 cm³/mol. The zero-order chi connectivity index (χ0) is 36.5. The number of carbonyl (C=O) groups is 2. The lowest BCUT2D eigenvalue weighted by Crippen LogP contribution is -2.41. The summed E-state index contributed by atoms with van der Waals surface area (Å²) in [5.41, 5.74) is 6.49. The Morgan fingerprint density at radius 1 is 0.660 bits per heavy atom. The number of benzene rings is 4. The molecule has 1 unspecified atom stereocenters. The second kappa shape index (κ2) is 16.7. The van der Waals surface area contributed by atoms with Crippen LogP contribution in [0, 0.1) is 28.4 Å². The van der Waals surface area contributed by atoms with E-state index >= 15 is 0 Å². The van der Waals surface area contributed by atoms with E-state index in [9.17, 15) is 18.4 Å². The first kappa shape index (κ1) is 38.0. The van der Waals surface area contributed by atoms with E-state index in [0.717, 1.165) is 0 Å². The molecule has 262 valence electrons. The van der Waals surface area contributed by atoms with Crippen molar-refractivity contribution in [3.63, 3.8) is 0 Å². The largest absolute Gasteiger partial charge is 0.336 e. The van der Waals surface area contributed by atoms with Gasteiger partial charge in [-0.3, -0.25) is 20.4 Å². The second-order valence-electron chi connectivity index (χ2n) is 13.7. The van der Waals surface area contributed by atoms with Crippen molar-refractivity contribution in [3.8, 4) is 0 Å². The Balaban J connectivity index is 1.60. The number of rotatable bonds is 13. The lowest BCUT2D eigenvalue weighted by atomic mass is 9.68. The van der Waals surface area contributed by atoms with Gasteiger partial charge in [-0.1, -0.05) is 63.9 Å². The van der Waals surface area contributed by atoms with Crippen LogP contribution < -0.4 is 21.5 Å². The van der Waals surface area contributed by atoms with Crippen molar-refractivity contribution in [2.45, 2.75) is 47.5 Å². The highest BCUT2D eigenvalue weighted by atomic mass is 35.5. The first-order chi connectivity index (χ1) is 23.6. The number of nitrogens with zero attached hydrogens (tertiary/aromatic N) is 2. The number of anilines is 4. The number of Topliss-reactive ketones (excluding diaryl/α,β-unsaturated/α-hetero) is 2. The van der Waals surface area contributed by atoms with Crippen LogP contribution in [-0.2, 0) is 9.59 Å². The maximum absolute atomic E-state index is 14.4. The molecule has 0 heterocycles. The minimum absolute atomic E-state index is 0.000422. The molecule has 1 atom stereocenters. The van der Waals surface area contributed by atoms with Gasteiger partial charge in [-0.25, -0.2) is 8.78 Å². The molecule has 50 heavy (non-hydrogen) atoms. The van der Waals surface area contributed by atoms with Gasteiger partial charge in [0.15, 0.2) is 17.5 Å². The molecule has 0 radical (unpaired) electrons. The zero-order valence-corrected chi connectivity index (χ0v) is 30.0. The van der Waals surface area contributed by atoms with Gasteiger partial charge in [0.05, 0.1) is 11.4 Å². The fraction of sp³-hybridized carbons (Fsp3) is 0.263. The fourth-order valence-electron chi connectivity index (χ4n) is 5.07. The molecule has 4 rings (SSSR count). The first-order valence-electron chi connectivity index (χ1n) is 15.9.